The molecule has 0 bridgehead atoms. The van der Waals surface area contributed by atoms with Gasteiger partial charge < -0.3 is 15.9 Å². The summed E-state index contributed by atoms with van der Waals surface area (Å²) in [4.78, 5) is 19.6. The summed E-state index contributed by atoms with van der Waals surface area (Å²) in [6, 6.07) is -1.29. The molecule has 0 fully saturated rings. The zero-order valence-electron chi connectivity index (χ0n) is 4.57. The van der Waals surface area contributed by atoms with Crippen molar-refractivity contribution in [1.29, 1.82) is 0 Å². The second-order valence-electron chi connectivity index (χ2n) is 1.54. The molecule has 0 amide bonds. The molecule has 58 valence electrons. The maximum Gasteiger partial charge on any atom is 0.321 e. The lowest BCUT2D eigenvalue weighted by Gasteiger charge is -1.99. The lowest BCUT2D eigenvalue weighted by atomic mass is 10.2. The van der Waals surface area contributed by atoms with Crippen molar-refractivity contribution in [3.05, 3.63) is 0 Å². The zero-order chi connectivity index (χ0) is 7.44. The first kappa shape index (κ1) is 12.1. The van der Waals surface area contributed by atoms with Gasteiger partial charge in [0.05, 0.1) is 6.42 Å². The zero-order valence-corrected chi connectivity index (χ0v) is 4.57. The third-order valence-corrected chi connectivity index (χ3v) is 0.712. The van der Waals surface area contributed by atoms with Crippen LogP contribution in [0.3, 0.4) is 0 Å². The van der Waals surface area contributed by atoms with Crippen LogP contribution >= 0.6 is 0 Å². The average Bonchev–Trinajstić information content (AvgIpc) is 1.63. The van der Waals surface area contributed by atoms with E-state index >= 15 is 0 Å². The number of carbonyl (C=O) groups is 2. The van der Waals surface area contributed by atoms with Crippen molar-refractivity contribution >= 4 is 29.3 Å². The Hall–Kier alpha value is -0.568. The van der Waals surface area contributed by atoms with E-state index in [-0.39, 0.29) is 17.4 Å². The third kappa shape index (κ3) is 5.57. The van der Waals surface area contributed by atoms with Gasteiger partial charge in [0.25, 0.3) is 0 Å². The van der Waals surface area contributed by atoms with Crippen molar-refractivity contribution in [2.75, 3.05) is 0 Å². The van der Waals surface area contributed by atoms with Gasteiger partial charge in [-0.05, 0) is 0 Å². The van der Waals surface area contributed by atoms with Gasteiger partial charge in [0.1, 0.15) is 6.04 Å². The first-order chi connectivity index (χ1) is 4.04. The number of nitrogens with two attached hydrogens (primary N) is 1. The van der Waals surface area contributed by atoms with Crippen LogP contribution < -0.4 is 5.73 Å². The van der Waals surface area contributed by atoms with Gasteiger partial charge >= 0.3 is 11.9 Å². The van der Waals surface area contributed by atoms with Gasteiger partial charge in [-0.15, -0.1) is 0 Å². The fourth-order valence-corrected chi connectivity index (χ4v) is 0.275. The highest BCUT2D eigenvalue weighted by atomic mass is 27.0. The molecule has 0 aliphatic rings. The van der Waals surface area contributed by atoms with Crippen LogP contribution in [0, 0.1) is 0 Å². The van der Waals surface area contributed by atoms with Crippen molar-refractivity contribution in [2.45, 2.75) is 12.5 Å². The van der Waals surface area contributed by atoms with Gasteiger partial charge in [-0.2, -0.15) is 0 Å². The van der Waals surface area contributed by atoms with Crippen molar-refractivity contribution in [2.24, 2.45) is 5.73 Å². The Labute approximate surface area is 68.0 Å². The van der Waals surface area contributed by atoms with Gasteiger partial charge in [0.2, 0.25) is 0 Å². The molecular formula is C4H10AlNO4. The Morgan fingerprint density at radius 2 is 1.80 bits per heavy atom. The molecule has 5 nitrogen and oxygen atoms in total. The molecule has 0 heterocycles. The topological polar surface area (TPSA) is 101 Å². The van der Waals surface area contributed by atoms with E-state index in [1.54, 1.807) is 0 Å². The molecule has 0 aliphatic heterocycles. The number of hydrogen-bond donors (Lipinski definition) is 3. The summed E-state index contributed by atoms with van der Waals surface area (Å²) in [5, 5.41) is 16.0. The summed E-state index contributed by atoms with van der Waals surface area (Å²) >= 11 is 0. The number of carboxylic acids is 2. The van der Waals surface area contributed by atoms with Gasteiger partial charge in [-0.1, -0.05) is 0 Å². The summed E-state index contributed by atoms with van der Waals surface area (Å²) in [6.07, 6.45) is -0.532. The van der Waals surface area contributed by atoms with Crippen molar-refractivity contribution in [1.82, 2.24) is 0 Å². The minimum Gasteiger partial charge on any atom is -0.481 e. The summed E-state index contributed by atoms with van der Waals surface area (Å²) in [7, 11) is 0. The number of aliphatic carboxylic acids is 2. The van der Waals surface area contributed by atoms with E-state index in [4.69, 9.17) is 15.9 Å². The maximum atomic E-state index is 9.85. The summed E-state index contributed by atoms with van der Waals surface area (Å²) in [5.74, 6) is -2.50. The maximum absolute atomic E-state index is 9.85. The molecule has 4 N–H and O–H groups in total. The Bertz CT molecular complexity index is 137. The normalized spacial score (nSPS) is 11.3. The Balaban J connectivity index is 0. The molecule has 0 aromatic heterocycles. The van der Waals surface area contributed by atoms with E-state index in [1.165, 1.54) is 0 Å². The number of carboxylic acid groups (broad SMARTS) is 2. The molecule has 6 heteroatoms. The van der Waals surface area contributed by atoms with Gasteiger partial charge in [0.15, 0.2) is 17.4 Å². The second-order valence-corrected chi connectivity index (χ2v) is 1.54. The van der Waals surface area contributed by atoms with Crippen molar-refractivity contribution in [3.63, 3.8) is 0 Å². The Kier molecular flexibility index (Phi) is 6.36. The molecule has 0 aromatic carbocycles. The SMILES string of the molecule is N[C@@H](CC(=O)O)C(=O)O.[AlH3]. The van der Waals surface area contributed by atoms with Crippen LogP contribution in [0.25, 0.3) is 0 Å². The molecule has 0 unspecified atom stereocenters. The smallest absolute Gasteiger partial charge is 0.321 e. The monoisotopic (exact) mass is 163 g/mol. The molecule has 1 atom stereocenters. The van der Waals surface area contributed by atoms with E-state index in [0.717, 1.165) is 0 Å². The first-order valence-corrected chi connectivity index (χ1v) is 2.24. The van der Waals surface area contributed by atoms with Crippen LogP contribution in [0.2, 0.25) is 0 Å². The molecule has 10 heavy (non-hydrogen) atoms. The molecule has 0 aromatic rings. The van der Waals surface area contributed by atoms with E-state index < -0.39 is 24.4 Å². The average molecular weight is 163 g/mol. The van der Waals surface area contributed by atoms with Crippen molar-refractivity contribution in [3.8, 4) is 0 Å². The van der Waals surface area contributed by atoms with Gasteiger partial charge in [-0.25, -0.2) is 0 Å². The fourth-order valence-electron chi connectivity index (χ4n) is 0.275. The largest absolute Gasteiger partial charge is 0.481 e. The molecule has 0 radical (unpaired) electrons. The van der Waals surface area contributed by atoms with Crippen molar-refractivity contribution < 1.29 is 19.8 Å². The van der Waals surface area contributed by atoms with E-state index in [2.05, 4.69) is 0 Å². The highest BCUT2D eigenvalue weighted by molar-refractivity contribution is 5.80. The van der Waals surface area contributed by atoms with E-state index in [9.17, 15) is 9.59 Å². The summed E-state index contributed by atoms with van der Waals surface area (Å²) in [5.41, 5.74) is 4.84. The summed E-state index contributed by atoms with van der Waals surface area (Å²) in [6.45, 7) is 0. The van der Waals surface area contributed by atoms with Gasteiger partial charge in [0, 0.05) is 0 Å². The van der Waals surface area contributed by atoms with Crippen LogP contribution in [-0.2, 0) is 9.59 Å². The standard InChI is InChI=1S/C4H7NO4.Al.3H/c5-2(4(8)9)1-3(6)7;;;;/h2H,1,5H2,(H,6,7)(H,8,9);;;;/t2-;;;;/m0..../s1. The Morgan fingerprint density at radius 1 is 1.40 bits per heavy atom. The predicted molar refractivity (Wildman–Crippen MR) is 37.8 cm³/mol. The molecule has 0 saturated carbocycles. The number of rotatable bonds is 3. The van der Waals surface area contributed by atoms with E-state index in [0.29, 0.717) is 0 Å². The van der Waals surface area contributed by atoms with Crippen LogP contribution in [0.5, 0.6) is 0 Å². The first-order valence-electron chi connectivity index (χ1n) is 2.24. The molecule has 0 saturated heterocycles. The lowest BCUT2D eigenvalue weighted by Crippen LogP contribution is -2.32. The minimum absolute atomic E-state index is 0. The highest BCUT2D eigenvalue weighted by Gasteiger charge is 2.14. The molecular weight excluding hydrogens is 153 g/mol. The minimum atomic E-state index is -1.29. The molecule has 0 aliphatic carbocycles. The molecule has 0 rings (SSSR count). The van der Waals surface area contributed by atoms with Crippen LogP contribution in [0.4, 0.5) is 0 Å². The quantitative estimate of drug-likeness (QED) is 0.406. The third-order valence-electron chi connectivity index (χ3n) is 0.712. The second kappa shape index (κ2) is 5.24. The predicted octanol–water partition coefficient (Wildman–Crippen LogP) is -2.31. The van der Waals surface area contributed by atoms with Crippen LogP contribution in [0.15, 0.2) is 0 Å². The van der Waals surface area contributed by atoms with E-state index in [1.807, 2.05) is 0 Å². The van der Waals surface area contributed by atoms with Crippen LogP contribution in [0.1, 0.15) is 6.42 Å². The Morgan fingerprint density at radius 3 is 1.90 bits per heavy atom. The highest BCUT2D eigenvalue weighted by Crippen LogP contribution is 1.86. The summed E-state index contributed by atoms with van der Waals surface area (Å²) < 4.78 is 0. The molecule has 0 spiro atoms. The number of hydrogen-bond acceptors (Lipinski definition) is 3. The lowest BCUT2D eigenvalue weighted by molar-refractivity contribution is -0.144. The van der Waals surface area contributed by atoms with Gasteiger partial charge in [-0.3, -0.25) is 9.59 Å². The fraction of sp³-hybridized carbons (Fsp3) is 0.500. The van der Waals surface area contributed by atoms with Crippen LogP contribution in [-0.4, -0.2) is 45.6 Å².